The third-order valence-corrected chi connectivity index (χ3v) is 4.65. The van der Waals surface area contributed by atoms with Crippen molar-refractivity contribution in [3.8, 4) is 5.75 Å². The van der Waals surface area contributed by atoms with E-state index in [9.17, 15) is 9.18 Å². The van der Waals surface area contributed by atoms with Gasteiger partial charge in [0, 0.05) is 18.2 Å². The number of ether oxygens (including phenoxy) is 1. The second-order valence-corrected chi connectivity index (χ2v) is 6.73. The highest BCUT2D eigenvalue weighted by Gasteiger charge is 2.14. The molecule has 2 aromatic rings. The summed E-state index contributed by atoms with van der Waals surface area (Å²) in [6.45, 7) is 2.39. The van der Waals surface area contributed by atoms with E-state index in [0.29, 0.717) is 18.1 Å². The van der Waals surface area contributed by atoms with Crippen LogP contribution >= 0.6 is 12.4 Å². The van der Waals surface area contributed by atoms with E-state index in [1.165, 1.54) is 12.1 Å². The van der Waals surface area contributed by atoms with Gasteiger partial charge in [-0.1, -0.05) is 18.2 Å². The van der Waals surface area contributed by atoms with Crippen LogP contribution in [-0.4, -0.2) is 19.0 Å². The number of halogens is 2. The Bertz CT molecular complexity index is 736. The van der Waals surface area contributed by atoms with Gasteiger partial charge in [-0.25, -0.2) is 4.39 Å². The molecule has 0 unspecified atom stereocenters. The first-order valence-corrected chi connectivity index (χ1v) is 9.17. The standard InChI is InChI=1S/C21H25FN2O2.ClH/c22-18-4-1-3-17(13-18)15-26-20-6-2-5-19(14-20)24-21(25)8-7-16-9-11-23-12-10-16;/h1-6,13-14,16,23H,7-12,15H2,(H,24,25);1H. The Hall–Kier alpha value is -2.11. The third-order valence-electron chi connectivity index (χ3n) is 4.65. The van der Waals surface area contributed by atoms with Crippen LogP contribution in [0.4, 0.5) is 10.1 Å². The second-order valence-electron chi connectivity index (χ2n) is 6.73. The molecule has 27 heavy (non-hydrogen) atoms. The van der Waals surface area contributed by atoms with Crippen LogP contribution in [0.25, 0.3) is 0 Å². The van der Waals surface area contributed by atoms with Crippen LogP contribution in [0, 0.1) is 11.7 Å². The van der Waals surface area contributed by atoms with Crippen molar-refractivity contribution in [2.45, 2.75) is 32.3 Å². The lowest BCUT2D eigenvalue weighted by Crippen LogP contribution is -2.28. The molecular formula is C21H26ClFN2O2. The Balaban J connectivity index is 0.00000261. The molecule has 3 rings (SSSR count). The van der Waals surface area contributed by atoms with Gasteiger partial charge in [0.05, 0.1) is 0 Å². The van der Waals surface area contributed by atoms with Crippen LogP contribution in [0.3, 0.4) is 0 Å². The monoisotopic (exact) mass is 392 g/mol. The van der Waals surface area contributed by atoms with Crippen molar-refractivity contribution in [3.63, 3.8) is 0 Å². The van der Waals surface area contributed by atoms with Gasteiger partial charge in [-0.15, -0.1) is 12.4 Å². The number of amides is 1. The molecule has 0 aliphatic carbocycles. The fraction of sp³-hybridized carbons (Fsp3) is 0.381. The highest BCUT2D eigenvalue weighted by Crippen LogP contribution is 2.21. The number of carbonyl (C=O) groups is 1. The van der Waals surface area contributed by atoms with Crippen LogP contribution in [-0.2, 0) is 11.4 Å². The quantitative estimate of drug-likeness (QED) is 0.727. The second kappa shape index (κ2) is 10.9. The van der Waals surface area contributed by atoms with E-state index in [1.54, 1.807) is 12.1 Å². The average Bonchev–Trinajstić information content (AvgIpc) is 2.66. The number of carbonyl (C=O) groups excluding carboxylic acids is 1. The van der Waals surface area contributed by atoms with E-state index in [1.807, 2.05) is 24.3 Å². The minimum Gasteiger partial charge on any atom is -0.489 e. The molecule has 0 aromatic heterocycles. The molecular weight excluding hydrogens is 367 g/mol. The summed E-state index contributed by atoms with van der Waals surface area (Å²) in [5.41, 5.74) is 1.48. The Kier molecular flexibility index (Phi) is 8.55. The number of anilines is 1. The van der Waals surface area contributed by atoms with E-state index in [0.717, 1.165) is 43.6 Å². The van der Waals surface area contributed by atoms with E-state index in [-0.39, 0.29) is 30.7 Å². The summed E-state index contributed by atoms with van der Waals surface area (Å²) in [7, 11) is 0. The molecule has 1 aliphatic rings. The van der Waals surface area contributed by atoms with Gasteiger partial charge < -0.3 is 15.4 Å². The summed E-state index contributed by atoms with van der Waals surface area (Å²) in [4.78, 5) is 12.2. The smallest absolute Gasteiger partial charge is 0.224 e. The SMILES string of the molecule is Cl.O=C(CCC1CCNCC1)Nc1cccc(OCc2cccc(F)c2)c1. The zero-order valence-electron chi connectivity index (χ0n) is 15.2. The van der Waals surface area contributed by atoms with Gasteiger partial charge in [-0.3, -0.25) is 4.79 Å². The van der Waals surface area contributed by atoms with Gasteiger partial charge >= 0.3 is 0 Å². The van der Waals surface area contributed by atoms with Crippen molar-refractivity contribution in [1.82, 2.24) is 5.32 Å². The topological polar surface area (TPSA) is 50.4 Å². The minimum atomic E-state index is -0.277. The molecule has 1 fully saturated rings. The summed E-state index contributed by atoms with van der Waals surface area (Å²) in [5.74, 6) is 1.04. The van der Waals surface area contributed by atoms with Gasteiger partial charge in [0.15, 0.2) is 0 Å². The molecule has 6 heteroatoms. The molecule has 0 saturated carbocycles. The molecule has 0 spiro atoms. The Morgan fingerprint density at radius 2 is 1.93 bits per heavy atom. The molecule has 146 valence electrons. The predicted octanol–water partition coefficient (Wildman–Crippen LogP) is 4.54. The summed E-state index contributed by atoms with van der Waals surface area (Å²) >= 11 is 0. The number of benzene rings is 2. The lowest BCUT2D eigenvalue weighted by molar-refractivity contribution is -0.116. The van der Waals surface area contributed by atoms with Gasteiger partial charge in [-0.2, -0.15) is 0 Å². The number of hydrogen-bond donors (Lipinski definition) is 2. The highest BCUT2D eigenvalue weighted by atomic mass is 35.5. The maximum atomic E-state index is 13.2. The van der Waals surface area contributed by atoms with Crippen molar-refractivity contribution in [3.05, 3.63) is 59.9 Å². The van der Waals surface area contributed by atoms with Crippen LogP contribution in [0.1, 0.15) is 31.2 Å². The molecule has 0 atom stereocenters. The number of hydrogen-bond acceptors (Lipinski definition) is 3. The Labute approximate surface area is 165 Å². The largest absolute Gasteiger partial charge is 0.489 e. The molecule has 4 nitrogen and oxygen atoms in total. The van der Waals surface area contributed by atoms with E-state index in [2.05, 4.69) is 10.6 Å². The molecule has 2 aromatic carbocycles. The highest BCUT2D eigenvalue weighted by molar-refractivity contribution is 5.90. The average molecular weight is 393 g/mol. The third kappa shape index (κ3) is 7.19. The summed E-state index contributed by atoms with van der Waals surface area (Å²) in [6, 6.07) is 13.6. The molecule has 1 heterocycles. The lowest BCUT2D eigenvalue weighted by atomic mass is 9.93. The van der Waals surface area contributed by atoms with Gasteiger partial charge in [0.2, 0.25) is 5.91 Å². The first-order chi connectivity index (χ1) is 12.7. The molecule has 0 bridgehead atoms. The van der Waals surface area contributed by atoms with Crippen LogP contribution in [0.2, 0.25) is 0 Å². The van der Waals surface area contributed by atoms with Crippen LogP contribution in [0.15, 0.2) is 48.5 Å². The number of piperidine rings is 1. The first-order valence-electron chi connectivity index (χ1n) is 9.17. The Morgan fingerprint density at radius 1 is 1.15 bits per heavy atom. The van der Waals surface area contributed by atoms with E-state index in [4.69, 9.17) is 4.74 Å². The van der Waals surface area contributed by atoms with E-state index >= 15 is 0 Å². The Morgan fingerprint density at radius 3 is 2.70 bits per heavy atom. The maximum absolute atomic E-state index is 13.2. The van der Waals surface area contributed by atoms with Crippen LogP contribution < -0.4 is 15.4 Å². The van der Waals surface area contributed by atoms with Crippen LogP contribution in [0.5, 0.6) is 5.75 Å². The molecule has 1 saturated heterocycles. The van der Waals surface area contributed by atoms with Gasteiger partial charge in [-0.05, 0) is 68.1 Å². The predicted molar refractivity (Wildman–Crippen MR) is 108 cm³/mol. The molecule has 0 radical (unpaired) electrons. The summed E-state index contributed by atoms with van der Waals surface area (Å²) in [6.07, 6.45) is 3.77. The molecule has 2 N–H and O–H groups in total. The fourth-order valence-electron chi connectivity index (χ4n) is 3.19. The first kappa shape index (κ1) is 21.2. The van der Waals surface area contributed by atoms with Gasteiger partial charge in [0.25, 0.3) is 0 Å². The van der Waals surface area contributed by atoms with Crippen molar-refractivity contribution >= 4 is 24.0 Å². The number of nitrogens with one attached hydrogen (secondary N) is 2. The summed E-state index contributed by atoms with van der Waals surface area (Å²) in [5, 5.41) is 6.27. The zero-order chi connectivity index (χ0) is 18.2. The zero-order valence-corrected chi connectivity index (χ0v) is 16.1. The minimum absolute atomic E-state index is 0. The fourth-order valence-corrected chi connectivity index (χ4v) is 3.19. The van der Waals surface area contributed by atoms with Crippen molar-refractivity contribution in [1.29, 1.82) is 0 Å². The lowest BCUT2D eigenvalue weighted by Gasteiger charge is -2.22. The van der Waals surface area contributed by atoms with Gasteiger partial charge in [0.1, 0.15) is 18.2 Å². The molecule has 1 amide bonds. The maximum Gasteiger partial charge on any atom is 0.224 e. The van der Waals surface area contributed by atoms with Crippen molar-refractivity contribution < 1.29 is 13.9 Å². The summed E-state index contributed by atoms with van der Waals surface area (Å²) < 4.78 is 18.9. The normalized spacial score (nSPS) is 14.3. The van der Waals surface area contributed by atoms with Crippen molar-refractivity contribution in [2.24, 2.45) is 5.92 Å². The number of rotatable bonds is 7. The van der Waals surface area contributed by atoms with Crippen molar-refractivity contribution in [2.75, 3.05) is 18.4 Å². The van der Waals surface area contributed by atoms with E-state index < -0.39 is 0 Å². The molecule has 1 aliphatic heterocycles.